The van der Waals surface area contributed by atoms with Crippen LogP contribution >= 0.6 is 17.1 Å². The summed E-state index contributed by atoms with van der Waals surface area (Å²) in [6.07, 6.45) is 9.91. The second-order valence-electron chi connectivity index (χ2n) is 3.76. The van der Waals surface area contributed by atoms with Crippen LogP contribution in [0.1, 0.15) is 58.3 Å². The Bertz CT molecular complexity index is 191. The van der Waals surface area contributed by atoms with Gasteiger partial charge in [-0.2, -0.15) is 17.1 Å². The smallest absolute Gasteiger partial charge is 0.825 e. The van der Waals surface area contributed by atoms with Crippen molar-refractivity contribution in [3.63, 3.8) is 0 Å². The number of hydrogen-bond acceptors (Lipinski definition) is 4. The Balaban J connectivity index is -0.000000980. The summed E-state index contributed by atoms with van der Waals surface area (Å²) in [5, 5.41) is 0. The van der Waals surface area contributed by atoms with Gasteiger partial charge in [0.05, 0.1) is 0 Å². The minimum absolute atomic E-state index is 0. The topological polar surface area (TPSA) is 46.1 Å². The van der Waals surface area contributed by atoms with Crippen LogP contribution in [0, 0.1) is 0 Å². The van der Waals surface area contributed by atoms with Gasteiger partial charge < -0.3 is 9.79 Å². The molecule has 0 amide bonds. The molecule has 92 valence electrons. The number of unbranched alkanes of at least 4 members (excludes halogenated alkanes) is 7. The normalized spacial score (nSPS) is 10.5. The van der Waals surface area contributed by atoms with E-state index in [0.29, 0.717) is 5.75 Å². The summed E-state index contributed by atoms with van der Waals surface area (Å²) < 4.78 is 0. The third-order valence-corrected chi connectivity index (χ3v) is 5.48. The van der Waals surface area contributed by atoms with Crippen LogP contribution in [0.25, 0.3) is 0 Å². The van der Waals surface area contributed by atoms with Gasteiger partial charge in [-0.25, -0.2) is 0 Å². The average Bonchev–Trinajstić information content (AvgIpc) is 2.14. The maximum Gasteiger partial charge on any atom is 1.00 e. The third-order valence-electron chi connectivity index (χ3n) is 2.25. The maximum atomic E-state index is 10.6. The maximum absolute atomic E-state index is 10.6. The summed E-state index contributed by atoms with van der Waals surface area (Å²) in [6, 6.07) is 0. The predicted octanol–water partition coefficient (Wildman–Crippen LogP) is -3.19. The van der Waals surface area contributed by atoms with E-state index in [1.165, 1.54) is 38.5 Å². The molecule has 0 saturated heterocycles. The minimum atomic E-state index is -3.49. The molecule has 0 unspecified atom stereocenters. The molecule has 0 bridgehead atoms. The summed E-state index contributed by atoms with van der Waals surface area (Å²) in [4.78, 5) is 21.3. The van der Waals surface area contributed by atoms with E-state index in [1.54, 1.807) is 0 Å². The molecule has 0 aliphatic rings. The van der Waals surface area contributed by atoms with Crippen molar-refractivity contribution >= 4 is 28.9 Å². The molecule has 2 nitrogen and oxygen atoms in total. The summed E-state index contributed by atoms with van der Waals surface area (Å²) in [5.74, 6) is 0.666. The van der Waals surface area contributed by atoms with Gasteiger partial charge >= 0.3 is 103 Å². The molecule has 17 heavy (non-hydrogen) atoms. The second-order valence-corrected chi connectivity index (χ2v) is 9.67. The SMILES string of the molecule is CCCCCCCCCCSP([O-])([O-])=S.[K+].[K+]. The molecule has 0 saturated carbocycles. The van der Waals surface area contributed by atoms with E-state index < -0.39 is 5.69 Å². The molecule has 0 aromatic carbocycles. The summed E-state index contributed by atoms with van der Waals surface area (Å²) in [5.41, 5.74) is -3.49. The van der Waals surface area contributed by atoms with E-state index in [9.17, 15) is 9.79 Å². The molecule has 0 radical (unpaired) electrons. The van der Waals surface area contributed by atoms with Crippen LogP contribution in [0.3, 0.4) is 0 Å². The van der Waals surface area contributed by atoms with E-state index in [4.69, 9.17) is 0 Å². The van der Waals surface area contributed by atoms with Crippen LogP contribution in [-0.2, 0) is 11.8 Å². The van der Waals surface area contributed by atoms with Gasteiger partial charge in [-0.15, -0.1) is 11.8 Å². The van der Waals surface area contributed by atoms with Crippen molar-refractivity contribution < 1.29 is 113 Å². The van der Waals surface area contributed by atoms with Crippen molar-refractivity contribution in [1.82, 2.24) is 0 Å². The van der Waals surface area contributed by atoms with E-state index in [0.717, 1.165) is 24.2 Å². The molecular weight excluding hydrogens is 325 g/mol. The van der Waals surface area contributed by atoms with E-state index >= 15 is 0 Å². The van der Waals surface area contributed by atoms with Gasteiger partial charge in [0, 0.05) is 0 Å². The zero-order valence-electron chi connectivity index (χ0n) is 11.4. The summed E-state index contributed by atoms with van der Waals surface area (Å²) in [7, 11) is 0. The molecule has 0 aliphatic carbocycles. The van der Waals surface area contributed by atoms with Crippen molar-refractivity contribution in [3.8, 4) is 0 Å². The van der Waals surface area contributed by atoms with Crippen LogP contribution in [0.4, 0.5) is 0 Å². The molecule has 0 fully saturated rings. The first-order chi connectivity index (χ1) is 7.06. The Hall–Kier alpha value is 4.19. The van der Waals surface area contributed by atoms with Gasteiger partial charge in [-0.3, -0.25) is 0 Å². The van der Waals surface area contributed by atoms with Gasteiger partial charge in [0.15, 0.2) is 0 Å². The average molecular weight is 347 g/mol. The van der Waals surface area contributed by atoms with E-state index in [2.05, 4.69) is 18.7 Å². The van der Waals surface area contributed by atoms with Gasteiger partial charge in [-0.1, -0.05) is 51.9 Å². The molecule has 0 N–H and O–H groups in total. The second kappa shape index (κ2) is 18.2. The zero-order chi connectivity index (χ0) is 11.6. The van der Waals surface area contributed by atoms with Crippen molar-refractivity contribution in [1.29, 1.82) is 0 Å². The monoisotopic (exact) mass is 346 g/mol. The Labute approximate surface area is 201 Å². The van der Waals surface area contributed by atoms with Crippen molar-refractivity contribution in [3.05, 3.63) is 0 Å². The first-order valence-corrected chi connectivity index (χ1v) is 9.95. The Morgan fingerprint density at radius 2 is 1.29 bits per heavy atom. The molecule has 0 heterocycles. The minimum Gasteiger partial charge on any atom is -0.825 e. The van der Waals surface area contributed by atoms with Crippen LogP contribution in [0.15, 0.2) is 0 Å². The molecule has 0 rings (SSSR count). The third kappa shape index (κ3) is 25.5. The van der Waals surface area contributed by atoms with Crippen LogP contribution in [-0.4, -0.2) is 5.75 Å². The van der Waals surface area contributed by atoms with Gasteiger partial charge in [0.2, 0.25) is 0 Å². The molecule has 0 spiro atoms. The number of hydrogen-bond donors (Lipinski definition) is 0. The fourth-order valence-corrected chi connectivity index (χ4v) is 3.70. The van der Waals surface area contributed by atoms with E-state index in [1.807, 2.05) is 0 Å². The number of rotatable bonds is 10. The standard InChI is InChI=1S/C10H23O2PS2.2K/c1-2-3-4-5-6-7-8-9-10-15-13(11,12)14;;/h2-10H2,1H3,(H2,11,12,14);;/q;2*+1/p-2. The van der Waals surface area contributed by atoms with Crippen LogP contribution in [0.2, 0.25) is 0 Å². The molecule has 0 aromatic heterocycles. The summed E-state index contributed by atoms with van der Waals surface area (Å²) in [6.45, 7) is 2.22. The summed E-state index contributed by atoms with van der Waals surface area (Å²) >= 11 is 5.22. The van der Waals surface area contributed by atoms with Gasteiger partial charge in [-0.05, 0) is 12.2 Å². The zero-order valence-corrected chi connectivity index (χ0v) is 20.2. The molecule has 0 aliphatic heterocycles. The Morgan fingerprint density at radius 1 is 0.882 bits per heavy atom. The molecule has 7 heteroatoms. The van der Waals surface area contributed by atoms with Gasteiger partial charge in [0.1, 0.15) is 0 Å². The molecule has 0 atom stereocenters. The van der Waals surface area contributed by atoms with Crippen molar-refractivity contribution in [2.45, 2.75) is 58.3 Å². The fourth-order valence-electron chi connectivity index (χ4n) is 1.41. The Morgan fingerprint density at radius 3 is 1.71 bits per heavy atom. The van der Waals surface area contributed by atoms with Crippen molar-refractivity contribution in [2.24, 2.45) is 0 Å². The van der Waals surface area contributed by atoms with Crippen molar-refractivity contribution in [2.75, 3.05) is 5.75 Å². The van der Waals surface area contributed by atoms with Gasteiger partial charge in [0.25, 0.3) is 0 Å². The largest absolute Gasteiger partial charge is 1.00 e. The van der Waals surface area contributed by atoms with E-state index in [-0.39, 0.29) is 103 Å². The first-order valence-electron chi connectivity index (χ1n) is 5.73. The van der Waals surface area contributed by atoms with Crippen LogP contribution in [0.5, 0.6) is 0 Å². The van der Waals surface area contributed by atoms with Crippen LogP contribution < -0.4 is 113 Å². The quantitative estimate of drug-likeness (QED) is 0.238. The predicted molar refractivity (Wildman–Crippen MR) is 69.4 cm³/mol. The molecular formula is C10H21K2O2PS2. The Kier molecular flexibility index (Phi) is 28.0. The fraction of sp³-hybridized carbons (Fsp3) is 1.00. The molecule has 0 aromatic rings. The first kappa shape index (κ1) is 26.1.